The highest BCUT2D eigenvalue weighted by Gasteiger charge is 2.29. The van der Waals surface area contributed by atoms with E-state index in [2.05, 4.69) is 26.8 Å². The van der Waals surface area contributed by atoms with Crippen LogP contribution in [0.2, 0.25) is 0 Å². The van der Waals surface area contributed by atoms with Crippen molar-refractivity contribution in [2.45, 2.75) is 39.5 Å². The van der Waals surface area contributed by atoms with Gasteiger partial charge in [-0.2, -0.15) is 0 Å². The molecule has 1 aliphatic heterocycles. The van der Waals surface area contributed by atoms with Crippen LogP contribution in [0.3, 0.4) is 0 Å². The Bertz CT molecular complexity index is 836. The van der Waals surface area contributed by atoms with E-state index in [1.165, 1.54) is 12.5 Å². The van der Waals surface area contributed by atoms with Gasteiger partial charge in [0, 0.05) is 24.8 Å². The fraction of sp³-hybridized carbons (Fsp3) is 0.364. The van der Waals surface area contributed by atoms with Gasteiger partial charge in [-0.05, 0) is 35.1 Å². The minimum atomic E-state index is -0.123. The van der Waals surface area contributed by atoms with Crippen molar-refractivity contribution in [1.82, 2.24) is 0 Å². The molecule has 1 aliphatic rings. The highest BCUT2D eigenvalue weighted by Crippen LogP contribution is 2.33. The molecule has 2 aromatic rings. The van der Waals surface area contributed by atoms with Gasteiger partial charge in [-0.25, -0.2) is 0 Å². The van der Waals surface area contributed by atoms with Gasteiger partial charge in [0.1, 0.15) is 6.54 Å². The van der Waals surface area contributed by atoms with Crippen molar-refractivity contribution < 1.29 is 9.59 Å². The van der Waals surface area contributed by atoms with Crippen molar-refractivity contribution in [3.8, 4) is 0 Å². The largest absolute Gasteiger partial charge is 0.310 e. The third-order valence-electron chi connectivity index (χ3n) is 4.86. The van der Waals surface area contributed by atoms with Crippen molar-refractivity contribution in [2.24, 2.45) is 0 Å². The molecule has 0 saturated heterocycles. The molecule has 136 valence electrons. The Morgan fingerprint density at radius 3 is 2.38 bits per heavy atom. The van der Waals surface area contributed by atoms with Gasteiger partial charge in [0.25, 0.3) is 0 Å². The third kappa shape index (κ3) is 3.50. The second-order valence-corrected chi connectivity index (χ2v) is 7.80. The summed E-state index contributed by atoms with van der Waals surface area (Å²) in [4.78, 5) is 28.8. The first kappa shape index (κ1) is 18.2. The van der Waals surface area contributed by atoms with Gasteiger partial charge in [0.05, 0.1) is 0 Å². The third-order valence-corrected chi connectivity index (χ3v) is 4.86. The molecule has 0 radical (unpaired) electrons. The molecule has 3 rings (SSSR count). The molecule has 0 spiro atoms. The van der Waals surface area contributed by atoms with Crippen LogP contribution >= 0.6 is 0 Å². The van der Waals surface area contributed by atoms with Crippen LogP contribution in [0, 0.1) is 0 Å². The second kappa shape index (κ2) is 6.94. The maximum absolute atomic E-state index is 13.0. The van der Waals surface area contributed by atoms with Gasteiger partial charge < -0.3 is 9.80 Å². The summed E-state index contributed by atoms with van der Waals surface area (Å²) < 4.78 is 0. The molecule has 0 N–H and O–H groups in total. The zero-order valence-corrected chi connectivity index (χ0v) is 16.0. The number of para-hydroxylation sites is 2. The SMILES string of the molecule is CC(=O)N(CC(=O)N1CCc2ccccc21)c1ccccc1C(C)(C)C. The normalized spacial score (nSPS) is 13.5. The fourth-order valence-electron chi connectivity index (χ4n) is 3.53. The molecule has 1 heterocycles. The lowest BCUT2D eigenvalue weighted by Crippen LogP contribution is -2.42. The summed E-state index contributed by atoms with van der Waals surface area (Å²) >= 11 is 0. The van der Waals surface area contributed by atoms with Crippen LogP contribution in [0.4, 0.5) is 11.4 Å². The zero-order chi connectivity index (χ0) is 18.9. The van der Waals surface area contributed by atoms with E-state index in [1.807, 2.05) is 42.5 Å². The van der Waals surface area contributed by atoms with Crippen molar-refractivity contribution in [3.05, 3.63) is 59.7 Å². The summed E-state index contributed by atoms with van der Waals surface area (Å²) in [5.41, 5.74) is 3.90. The summed E-state index contributed by atoms with van der Waals surface area (Å²) in [7, 11) is 0. The molecule has 4 nitrogen and oxygen atoms in total. The fourth-order valence-corrected chi connectivity index (χ4v) is 3.53. The average molecular weight is 350 g/mol. The number of anilines is 2. The van der Waals surface area contributed by atoms with Crippen LogP contribution in [-0.2, 0) is 21.4 Å². The molecule has 0 unspecified atom stereocenters. The number of nitrogens with zero attached hydrogens (tertiary/aromatic N) is 2. The average Bonchev–Trinajstić information content (AvgIpc) is 3.02. The van der Waals surface area contributed by atoms with E-state index in [-0.39, 0.29) is 23.8 Å². The van der Waals surface area contributed by atoms with E-state index in [9.17, 15) is 9.59 Å². The standard InChI is InChI=1S/C22H26N2O2/c1-16(25)24(20-12-8-6-10-18(20)22(2,3)4)15-21(26)23-14-13-17-9-5-7-11-19(17)23/h5-12H,13-15H2,1-4H3. The molecule has 0 atom stereocenters. The van der Waals surface area contributed by atoms with Crippen molar-refractivity contribution in [3.63, 3.8) is 0 Å². The van der Waals surface area contributed by atoms with Gasteiger partial charge in [0.15, 0.2) is 0 Å². The zero-order valence-electron chi connectivity index (χ0n) is 16.0. The van der Waals surface area contributed by atoms with Gasteiger partial charge >= 0.3 is 0 Å². The molecule has 0 aromatic heterocycles. The highest BCUT2D eigenvalue weighted by molar-refractivity contribution is 6.04. The first-order valence-corrected chi connectivity index (χ1v) is 9.05. The number of amides is 2. The number of carbonyl (C=O) groups excluding carboxylic acids is 2. The lowest BCUT2D eigenvalue weighted by molar-refractivity contribution is -0.121. The first-order valence-electron chi connectivity index (χ1n) is 9.05. The molecule has 2 amide bonds. The molecule has 0 saturated carbocycles. The van der Waals surface area contributed by atoms with E-state index in [0.29, 0.717) is 6.54 Å². The molecule has 0 aliphatic carbocycles. The number of carbonyl (C=O) groups is 2. The number of benzene rings is 2. The topological polar surface area (TPSA) is 40.6 Å². The Balaban J connectivity index is 1.90. The van der Waals surface area contributed by atoms with E-state index >= 15 is 0 Å². The minimum Gasteiger partial charge on any atom is -0.310 e. The smallest absolute Gasteiger partial charge is 0.247 e. The lowest BCUT2D eigenvalue weighted by atomic mass is 9.85. The summed E-state index contributed by atoms with van der Waals surface area (Å²) in [6, 6.07) is 15.8. The van der Waals surface area contributed by atoms with E-state index < -0.39 is 0 Å². The van der Waals surface area contributed by atoms with Crippen LogP contribution < -0.4 is 9.80 Å². The van der Waals surface area contributed by atoms with Crippen molar-refractivity contribution >= 4 is 23.2 Å². The maximum atomic E-state index is 13.0. The quantitative estimate of drug-likeness (QED) is 0.842. The Kier molecular flexibility index (Phi) is 4.86. The second-order valence-electron chi connectivity index (χ2n) is 7.80. The summed E-state index contributed by atoms with van der Waals surface area (Å²) in [6.45, 7) is 8.58. The molecule has 4 heteroatoms. The molecular formula is C22H26N2O2. The Morgan fingerprint density at radius 1 is 1.04 bits per heavy atom. The Morgan fingerprint density at radius 2 is 1.69 bits per heavy atom. The predicted octanol–water partition coefficient (Wildman–Crippen LogP) is 3.93. The minimum absolute atomic E-state index is 0.0473. The summed E-state index contributed by atoms with van der Waals surface area (Å²) in [6.07, 6.45) is 0.862. The number of fused-ring (bicyclic) bond motifs is 1. The molecule has 0 bridgehead atoms. The predicted molar refractivity (Wildman–Crippen MR) is 106 cm³/mol. The van der Waals surface area contributed by atoms with Gasteiger partial charge in [-0.15, -0.1) is 0 Å². The van der Waals surface area contributed by atoms with Crippen LogP contribution in [0.5, 0.6) is 0 Å². The first-order chi connectivity index (χ1) is 12.3. The summed E-state index contributed by atoms with van der Waals surface area (Å²) in [5.74, 6) is -0.170. The van der Waals surface area contributed by atoms with Crippen molar-refractivity contribution in [1.29, 1.82) is 0 Å². The monoisotopic (exact) mass is 350 g/mol. The van der Waals surface area contributed by atoms with E-state index in [4.69, 9.17) is 0 Å². The van der Waals surface area contributed by atoms with E-state index in [0.717, 1.165) is 23.4 Å². The molecule has 26 heavy (non-hydrogen) atoms. The number of hydrogen-bond acceptors (Lipinski definition) is 2. The van der Waals surface area contributed by atoms with Crippen LogP contribution in [0.15, 0.2) is 48.5 Å². The van der Waals surface area contributed by atoms with Crippen LogP contribution in [-0.4, -0.2) is 24.9 Å². The Hall–Kier alpha value is -2.62. The maximum Gasteiger partial charge on any atom is 0.247 e. The van der Waals surface area contributed by atoms with Gasteiger partial charge in [-0.3, -0.25) is 9.59 Å². The summed E-state index contributed by atoms with van der Waals surface area (Å²) in [5, 5.41) is 0. The van der Waals surface area contributed by atoms with Gasteiger partial charge in [-0.1, -0.05) is 57.2 Å². The Labute approximate surface area is 155 Å². The highest BCUT2D eigenvalue weighted by atomic mass is 16.2. The molecule has 0 fully saturated rings. The van der Waals surface area contributed by atoms with Crippen LogP contribution in [0.25, 0.3) is 0 Å². The van der Waals surface area contributed by atoms with Gasteiger partial charge in [0.2, 0.25) is 11.8 Å². The molecule has 2 aromatic carbocycles. The molecular weight excluding hydrogens is 324 g/mol. The van der Waals surface area contributed by atoms with Crippen molar-refractivity contribution in [2.75, 3.05) is 22.9 Å². The number of hydrogen-bond donors (Lipinski definition) is 0. The number of rotatable bonds is 3. The van der Waals surface area contributed by atoms with Crippen LogP contribution in [0.1, 0.15) is 38.8 Å². The lowest BCUT2D eigenvalue weighted by Gasteiger charge is -2.30. The van der Waals surface area contributed by atoms with E-state index in [1.54, 1.807) is 9.80 Å².